The standard InChI is InChI=1S/C14H25N3O2/c1-3-5-7-18-8-9-19-12-13-10-17-14(11-16-13)15-6-4-2/h10-11H,3-9,12H2,1-2H3,(H,15,17). The molecule has 1 N–H and O–H groups in total. The third kappa shape index (κ3) is 7.74. The van der Waals surface area contributed by atoms with E-state index < -0.39 is 0 Å². The van der Waals surface area contributed by atoms with E-state index in [-0.39, 0.29) is 0 Å². The van der Waals surface area contributed by atoms with Gasteiger partial charge in [0, 0.05) is 13.2 Å². The Hall–Kier alpha value is -1.20. The van der Waals surface area contributed by atoms with Gasteiger partial charge >= 0.3 is 0 Å². The smallest absolute Gasteiger partial charge is 0.144 e. The second-order valence-electron chi connectivity index (χ2n) is 4.34. The molecule has 0 amide bonds. The number of nitrogens with zero attached hydrogens (tertiary/aromatic N) is 2. The average Bonchev–Trinajstić information content (AvgIpc) is 2.45. The zero-order chi connectivity index (χ0) is 13.8. The molecule has 0 aliphatic heterocycles. The van der Waals surface area contributed by atoms with E-state index in [0.29, 0.717) is 19.8 Å². The molecule has 0 aromatic carbocycles. The minimum atomic E-state index is 0.484. The molecular weight excluding hydrogens is 242 g/mol. The number of anilines is 1. The maximum absolute atomic E-state index is 5.47. The predicted molar refractivity (Wildman–Crippen MR) is 76.2 cm³/mol. The minimum Gasteiger partial charge on any atom is -0.379 e. The van der Waals surface area contributed by atoms with Gasteiger partial charge in [-0.2, -0.15) is 0 Å². The van der Waals surface area contributed by atoms with Crippen LogP contribution in [0.3, 0.4) is 0 Å². The second kappa shape index (κ2) is 10.7. The highest BCUT2D eigenvalue weighted by Crippen LogP contribution is 2.02. The second-order valence-corrected chi connectivity index (χ2v) is 4.34. The van der Waals surface area contributed by atoms with Gasteiger partial charge in [-0.1, -0.05) is 20.3 Å². The fraction of sp³-hybridized carbons (Fsp3) is 0.714. The summed E-state index contributed by atoms with van der Waals surface area (Å²) >= 11 is 0. The van der Waals surface area contributed by atoms with Gasteiger partial charge in [0.25, 0.3) is 0 Å². The molecule has 0 unspecified atom stereocenters. The van der Waals surface area contributed by atoms with Crippen LogP contribution < -0.4 is 5.32 Å². The quantitative estimate of drug-likeness (QED) is 0.625. The Balaban J connectivity index is 2.09. The Morgan fingerprint density at radius 3 is 2.53 bits per heavy atom. The fourth-order valence-corrected chi connectivity index (χ4v) is 1.42. The lowest BCUT2D eigenvalue weighted by atomic mass is 10.4. The van der Waals surface area contributed by atoms with E-state index in [0.717, 1.165) is 43.9 Å². The van der Waals surface area contributed by atoms with E-state index in [2.05, 4.69) is 29.1 Å². The SMILES string of the molecule is CCCCOCCOCc1cnc(NCCC)cn1. The third-order valence-electron chi connectivity index (χ3n) is 2.53. The molecule has 108 valence electrons. The van der Waals surface area contributed by atoms with Gasteiger partial charge in [-0.05, 0) is 12.8 Å². The van der Waals surface area contributed by atoms with E-state index in [1.165, 1.54) is 0 Å². The number of unbranched alkanes of at least 4 members (excludes halogenated alkanes) is 1. The average molecular weight is 267 g/mol. The van der Waals surface area contributed by atoms with E-state index in [4.69, 9.17) is 9.47 Å². The molecule has 0 saturated heterocycles. The zero-order valence-electron chi connectivity index (χ0n) is 12.0. The number of ether oxygens (including phenoxy) is 2. The molecule has 0 aliphatic carbocycles. The van der Waals surface area contributed by atoms with Crippen LogP contribution in [0.15, 0.2) is 12.4 Å². The van der Waals surface area contributed by atoms with Crippen molar-refractivity contribution in [3.8, 4) is 0 Å². The Bertz CT molecular complexity index is 317. The number of hydrogen-bond donors (Lipinski definition) is 1. The summed E-state index contributed by atoms with van der Waals surface area (Å²) in [6, 6.07) is 0. The molecule has 0 bridgehead atoms. The van der Waals surface area contributed by atoms with Crippen LogP contribution in [0.1, 0.15) is 38.8 Å². The van der Waals surface area contributed by atoms with Gasteiger partial charge in [0.15, 0.2) is 0 Å². The summed E-state index contributed by atoms with van der Waals surface area (Å²) in [5, 5.41) is 3.18. The first-order valence-electron chi connectivity index (χ1n) is 7.07. The topological polar surface area (TPSA) is 56.3 Å². The summed E-state index contributed by atoms with van der Waals surface area (Å²) in [5.41, 5.74) is 0.843. The van der Waals surface area contributed by atoms with Gasteiger partial charge in [0.05, 0.1) is 37.9 Å². The van der Waals surface area contributed by atoms with Crippen molar-refractivity contribution in [2.24, 2.45) is 0 Å². The molecule has 0 radical (unpaired) electrons. The lowest BCUT2D eigenvalue weighted by Crippen LogP contribution is -2.07. The highest BCUT2D eigenvalue weighted by molar-refractivity contribution is 5.30. The molecule has 1 aromatic rings. The maximum atomic E-state index is 5.47. The first-order valence-corrected chi connectivity index (χ1v) is 7.07. The van der Waals surface area contributed by atoms with Crippen LogP contribution >= 0.6 is 0 Å². The molecule has 1 rings (SSSR count). The summed E-state index contributed by atoms with van der Waals surface area (Å²) < 4.78 is 10.9. The summed E-state index contributed by atoms with van der Waals surface area (Å²) in [6.45, 7) is 7.73. The molecule has 1 heterocycles. The molecule has 0 saturated carbocycles. The molecule has 0 fully saturated rings. The highest BCUT2D eigenvalue weighted by Gasteiger charge is 1.97. The number of hydrogen-bond acceptors (Lipinski definition) is 5. The molecule has 0 aliphatic rings. The summed E-state index contributed by atoms with van der Waals surface area (Å²) in [5.74, 6) is 0.813. The number of rotatable bonds is 11. The van der Waals surface area contributed by atoms with Crippen molar-refractivity contribution in [2.45, 2.75) is 39.7 Å². The molecule has 19 heavy (non-hydrogen) atoms. The van der Waals surface area contributed by atoms with Crippen molar-refractivity contribution in [3.63, 3.8) is 0 Å². The van der Waals surface area contributed by atoms with E-state index in [9.17, 15) is 0 Å². The monoisotopic (exact) mass is 267 g/mol. The maximum Gasteiger partial charge on any atom is 0.144 e. The van der Waals surface area contributed by atoms with Crippen molar-refractivity contribution in [1.82, 2.24) is 9.97 Å². The van der Waals surface area contributed by atoms with E-state index >= 15 is 0 Å². The summed E-state index contributed by atoms with van der Waals surface area (Å²) in [6.07, 6.45) is 6.83. The molecule has 5 heteroatoms. The van der Waals surface area contributed by atoms with Crippen LogP contribution in [0, 0.1) is 0 Å². The Morgan fingerprint density at radius 1 is 1.00 bits per heavy atom. The van der Waals surface area contributed by atoms with Crippen LogP contribution in [-0.4, -0.2) is 36.3 Å². The van der Waals surface area contributed by atoms with Gasteiger partial charge in [-0.15, -0.1) is 0 Å². The van der Waals surface area contributed by atoms with E-state index in [1.807, 2.05) is 0 Å². The van der Waals surface area contributed by atoms with Crippen molar-refractivity contribution in [1.29, 1.82) is 0 Å². The van der Waals surface area contributed by atoms with Gasteiger partial charge < -0.3 is 14.8 Å². The van der Waals surface area contributed by atoms with Gasteiger partial charge in [-0.3, -0.25) is 4.98 Å². The Kier molecular flexibility index (Phi) is 8.93. The lowest BCUT2D eigenvalue weighted by Gasteiger charge is -2.06. The van der Waals surface area contributed by atoms with Crippen LogP contribution in [0.5, 0.6) is 0 Å². The first kappa shape index (κ1) is 15.9. The van der Waals surface area contributed by atoms with Crippen LogP contribution in [0.4, 0.5) is 5.82 Å². The molecule has 0 spiro atoms. The fourth-order valence-electron chi connectivity index (χ4n) is 1.42. The van der Waals surface area contributed by atoms with Crippen LogP contribution in [0.25, 0.3) is 0 Å². The van der Waals surface area contributed by atoms with Crippen molar-refractivity contribution in [2.75, 3.05) is 31.7 Å². The normalized spacial score (nSPS) is 10.6. The van der Waals surface area contributed by atoms with Crippen LogP contribution in [-0.2, 0) is 16.1 Å². The first-order chi connectivity index (χ1) is 9.36. The van der Waals surface area contributed by atoms with Crippen molar-refractivity contribution in [3.05, 3.63) is 18.1 Å². The molecule has 5 nitrogen and oxygen atoms in total. The van der Waals surface area contributed by atoms with E-state index in [1.54, 1.807) is 12.4 Å². The summed E-state index contributed by atoms with van der Waals surface area (Å²) in [7, 11) is 0. The van der Waals surface area contributed by atoms with Gasteiger partial charge in [0.1, 0.15) is 5.82 Å². The molecule has 0 atom stereocenters. The number of aromatic nitrogens is 2. The highest BCUT2D eigenvalue weighted by atomic mass is 16.5. The zero-order valence-corrected chi connectivity index (χ0v) is 12.0. The largest absolute Gasteiger partial charge is 0.379 e. The lowest BCUT2D eigenvalue weighted by molar-refractivity contribution is 0.0385. The number of nitrogens with one attached hydrogen (secondary N) is 1. The Labute approximate surface area is 115 Å². The summed E-state index contributed by atoms with van der Waals surface area (Å²) in [4.78, 5) is 8.56. The van der Waals surface area contributed by atoms with Gasteiger partial charge in [-0.25, -0.2) is 4.98 Å². The molecule has 1 aromatic heterocycles. The van der Waals surface area contributed by atoms with Crippen LogP contribution in [0.2, 0.25) is 0 Å². The van der Waals surface area contributed by atoms with Crippen molar-refractivity contribution < 1.29 is 9.47 Å². The van der Waals surface area contributed by atoms with Crippen molar-refractivity contribution >= 4 is 5.82 Å². The Morgan fingerprint density at radius 2 is 1.84 bits per heavy atom. The predicted octanol–water partition coefficient (Wildman–Crippen LogP) is 2.63. The van der Waals surface area contributed by atoms with Gasteiger partial charge in [0.2, 0.25) is 0 Å². The molecular formula is C14H25N3O2. The third-order valence-corrected chi connectivity index (χ3v) is 2.53. The minimum absolute atomic E-state index is 0.484.